The van der Waals surface area contributed by atoms with Crippen LogP contribution in [0.3, 0.4) is 0 Å². The summed E-state index contributed by atoms with van der Waals surface area (Å²) in [6.07, 6.45) is 3.17. The molecular weight excluding hydrogens is 234 g/mol. The van der Waals surface area contributed by atoms with Gasteiger partial charge >= 0.3 is 0 Å². The fraction of sp³-hybridized carbons (Fsp3) is 0.471. The number of hydrogen-bond donors (Lipinski definition) is 0. The Hall–Kier alpha value is -1.57. The Morgan fingerprint density at radius 1 is 1.16 bits per heavy atom. The second kappa shape index (κ2) is 7.13. The van der Waals surface area contributed by atoms with Gasteiger partial charge in [-0.25, -0.2) is 0 Å². The lowest BCUT2D eigenvalue weighted by Gasteiger charge is -2.31. The van der Waals surface area contributed by atoms with Gasteiger partial charge < -0.3 is 4.90 Å². The zero-order valence-corrected chi connectivity index (χ0v) is 12.5. The van der Waals surface area contributed by atoms with E-state index >= 15 is 0 Å². The van der Waals surface area contributed by atoms with Gasteiger partial charge in [-0.3, -0.25) is 4.79 Å². The molecule has 0 saturated heterocycles. The van der Waals surface area contributed by atoms with Gasteiger partial charge in [0, 0.05) is 12.1 Å². The molecule has 1 rings (SSSR count). The van der Waals surface area contributed by atoms with Crippen molar-refractivity contribution in [3.63, 3.8) is 0 Å². The molecule has 0 aliphatic rings. The van der Waals surface area contributed by atoms with Gasteiger partial charge in [0.2, 0.25) is 5.91 Å². The summed E-state index contributed by atoms with van der Waals surface area (Å²) in [5, 5.41) is 0. The Kier molecular flexibility index (Phi) is 5.81. The molecule has 104 valence electrons. The Morgan fingerprint density at radius 3 is 2.16 bits per heavy atom. The van der Waals surface area contributed by atoms with Crippen LogP contribution in [0.4, 0.5) is 0 Å². The van der Waals surface area contributed by atoms with Crippen LogP contribution in [0.5, 0.6) is 0 Å². The summed E-state index contributed by atoms with van der Waals surface area (Å²) in [6, 6.07) is 8.58. The van der Waals surface area contributed by atoms with E-state index in [0.29, 0.717) is 6.42 Å². The molecule has 0 heterocycles. The van der Waals surface area contributed by atoms with Crippen LogP contribution < -0.4 is 0 Å². The van der Waals surface area contributed by atoms with Crippen molar-refractivity contribution < 1.29 is 4.79 Å². The lowest BCUT2D eigenvalue weighted by molar-refractivity contribution is -0.134. The topological polar surface area (TPSA) is 20.3 Å². The fourth-order valence-electron chi connectivity index (χ4n) is 2.51. The lowest BCUT2D eigenvalue weighted by atomic mass is 10.0. The molecule has 0 radical (unpaired) electrons. The molecule has 19 heavy (non-hydrogen) atoms. The van der Waals surface area contributed by atoms with E-state index in [1.54, 1.807) is 0 Å². The van der Waals surface area contributed by atoms with E-state index in [1.165, 1.54) is 5.56 Å². The molecule has 0 bridgehead atoms. The first-order valence-corrected chi connectivity index (χ1v) is 6.96. The molecule has 2 nitrogen and oxygen atoms in total. The zero-order valence-electron chi connectivity index (χ0n) is 12.5. The highest BCUT2D eigenvalue weighted by molar-refractivity contribution is 5.79. The standard InChI is InChI=1S/C17H25NO/c1-6-9-15-10-7-8-11-16(15)12-17(19)18(13(2)3)14(4)5/h6-8,10-11,13-14H,1,9,12H2,2-5H3. The molecule has 0 N–H and O–H groups in total. The summed E-state index contributed by atoms with van der Waals surface area (Å²) in [5.74, 6) is 0.196. The summed E-state index contributed by atoms with van der Waals surface area (Å²) < 4.78 is 0. The van der Waals surface area contributed by atoms with E-state index in [-0.39, 0.29) is 18.0 Å². The minimum Gasteiger partial charge on any atom is -0.338 e. The average molecular weight is 259 g/mol. The predicted octanol–water partition coefficient (Wildman–Crippen LogP) is 3.60. The highest BCUT2D eigenvalue weighted by atomic mass is 16.2. The number of benzene rings is 1. The fourth-order valence-corrected chi connectivity index (χ4v) is 2.51. The molecule has 1 amide bonds. The summed E-state index contributed by atoms with van der Waals surface area (Å²) >= 11 is 0. The lowest BCUT2D eigenvalue weighted by Crippen LogP contribution is -2.42. The van der Waals surface area contributed by atoms with Crippen LogP contribution in [-0.2, 0) is 17.6 Å². The Bertz CT molecular complexity index is 427. The largest absolute Gasteiger partial charge is 0.338 e. The van der Waals surface area contributed by atoms with Crippen LogP contribution in [-0.4, -0.2) is 22.9 Å². The molecule has 0 aromatic heterocycles. The summed E-state index contributed by atoms with van der Waals surface area (Å²) in [4.78, 5) is 14.4. The number of carbonyl (C=O) groups is 1. The van der Waals surface area contributed by atoms with Crippen molar-refractivity contribution in [2.24, 2.45) is 0 Å². The SMILES string of the molecule is C=CCc1ccccc1CC(=O)N(C(C)C)C(C)C. The first kappa shape index (κ1) is 15.5. The van der Waals surface area contributed by atoms with Crippen molar-refractivity contribution >= 4 is 5.91 Å². The Balaban J connectivity index is 2.89. The van der Waals surface area contributed by atoms with Crippen molar-refractivity contribution in [3.8, 4) is 0 Å². The Morgan fingerprint density at radius 2 is 1.68 bits per heavy atom. The van der Waals surface area contributed by atoms with Gasteiger partial charge in [-0.2, -0.15) is 0 Å². The molecule has 0 atom stereocenters. The molecule has 0 spiro atoms. The maximum absolute atomic E-state index is 12.5. The van der Waals surface area contributed by atoms with Crippen LogP contribution in [0.1, 0.15) is 38.8 Å². The van der Waals surface area contributed by atoms with E-state index in [9.17, 15) is 4.79 Å². The number of hydrogen-bond acceptors (Lipinski definition) is 1. The van der Waals surface area contributed by atoms with Crippen LogP contribution >= 0.6 is 0 Å². The van der Waals surface area contributed by atoms with E-state index in [2.05, 4.69) is 40.3 Å². The molecule has 0 aliphatic heterocycles. The zero-order chi connectivity index (χ0) is 14.4. The van der Waals surface area contributed by atoms with Crippen molar-refractivity contribution in [1.29, 1.82) is 0 Å². The molecule has 1 aromatic carbocycles. The van der Waals surface area contributed by atoms with Gasteiger partial charge in [-0.15, -0.1) is 6.58 Å². The molecule has 0 saturated carbocycles. The van der Waals surface area contributed by atoms with Crippen LogP contribution in [0.25, 0.3) is 0 Å². The predicted molar refractivity (Wildman–Crippen MR) is 81.2 cm³/mol. The number of rotatable bonds is 6. The molecule has 0 unspecified atom stereocenters. The second-order valence-electron chi connectivity index (χ2n) is 5.43. The smallest absolute Gasteiger partial charge is 0.227 e. The normalized spacial score (nSPS) is 10.8. The minimum absolute atomic E-state index is 0.196. The molecule has 1 aromatic rings. The minimum atomic E-state index is 0.196. The van der Waals surface area contributed by atoms with Crippen molar-refractivity contribution in [3.05, 3.63) is 48.0 Å². The van der Waals surface area contributed by atoms with E-state index in [4.69, 9.17) is 0 Å². The first-order chi connectivity index (χ1) is 8.97. The summed E-state index contributed by atoms with van der Waals surface area (Å²) in [5.41, 5.74) is 2.30. The third-order valence-electron chi connectivity index (χ3n) is 3.22. The van der Waals surface area contributed by atoms with Crippen molar-refractivity contribution in [1.82, 2.24) is 4.90 Å². The van der Waals surface area contributed by atoms with Crippen LogP contribution in [0.2, 0.25) is 0 Å². The quantitative estimate of drug-likeness (QED) is 0.715. The van der Waals surface area contributed by atoms with Crippen LogP contribution in [0.15, 0.2) is 36.9 Å². The number of allylic oxidation sites excluding steroid dienone is 1. The number of carbonyl (C=O) groups excluding carboxylic acids is 1. The van der Waals surface area contributed by atoms with Crippen molar-refractivity contribution in [2.45, 2.75) is 52.6 Å². The molecule has 0 aliphatic carbocycles. The Labute approximate surface area is 117 Å². The highest BCUT2D eigenvalue weighted by Gasteiger charge is 2.20. The molecular formula is C17H25NO. The summed E-state index contributed by atoms with van der Waals surface area (Å²) in [7, 11) is 0. The highest BCUT2D eigenvalue weighted by Crippen LogP contribution is 2.14. The summed E-state index contributed by atoms with van der Waals surface area (Å²) in [6.45, 7) is 12.0. The number of nitrogens with zero attached hydrogens (tertiary/aromatic N) is 1. The molecule has 2 heteroatoms. The van der Waals surface area contributed by atoms with E-state index in [1.807, 2.05) is 29.2 Å². The third kappa shape index (κ3) is 4.23. The third-order valence-corrected chi connectivity index (χ3v) is 3.22. The maximum Gasteiger partial charge on any atom is 0.227 e. The molecule has 0 fully saturated rings. The monoisotopic (exact) mass is 259 g/mol. The first-order valence-electron chi connectivity index (χ1n) is 6.96. The second-order valence-corrected chi connectivity index (χ2v) is 5.43. The van der Waals surface area contributed by atoms with Gasteiger partial charge in [0.15, 0.2) is 0 Å². The van der Waals surface area contributed by atoms with E-state index in [0.717, 1.165) is 12.0 Å². The van der Waals surface area contributed by atoms with Gasteiger partial charge in [-0.1, -0.05) is 30.3 Å². The van der Waals surface area contributed by atoms with Gasteiger partial charge in [0.05, 0.1) is 6.42 Å². The average Bonchev–Trinajstić information content (AvgIpc) is 2.30. The van der Waals surface area contributed by atoms with Crippen LogP contribution in [0, 0.1) is 0 Å². The van der Waals surface area contributed by atoms with Gasteiger partial charge in [0.1, 0.15) is 0 Å². The van der Waals surface area contributed by atoms with E-state index < -0.39 is 0 Å². The number of amides is 1. The maximum atomic E-state index is 12.5. The van der Waals surface area contributed by atoms with Gasteiger partial charge in [-0.05, 0) is 45.2 Å². The van der Waals surface area contributed by atoms with Crippen molar-refractivity contribution in [2.75, 3.05) is 0 Å². The van der Waals surface area contributed by atoms with Gasteiger partial charge in [0.25, 0.3) is 0 Å².